The lowest BCUT2D eigenvalue weighted by Crippen LogP contribution is -2.62. The summed E-state index contributed by atoms with van der Waals surface area (Å²) in [5, 5.41) is 77.6. The number of carbonyl (C=O) groups is 6. The number of amides is 2. The van der Waals surface area contributed by atoms with E-state index in [0.29, 0.717) is 25.7 Å². The number of fused-ring (bicyclic) bond motifs is 5. The van der Waals surface area contributed by atoms with Crippen molar-refractivity contribution in [2.45, 2.75) is 110 Å². The molecule has 1 aromatic rings. The van der Waals surface area contributed by atoms with Crippen LogP contribution in [0.4, 0.5) is 0 Å². The van der Waals surface area contributed by atoms with E-state index in [0.717, 1.165) is 36.1 Å². The van der Waals surface area contributed by atoms with Gasteiger partial charge in [0.15, 0.2) is 0 Å². The Balaban J connectivity index is 1.15. The van der Waals surface area contributed by atoms with Crippen molar-refractivity contribution >= 4 is 35.7 Å². The highest BCUT2D eigenvalue weighted by Gasteiger charge is 2.65. The molecular formula is C48H75N5O14. The van der Waals surface area contributed by atoms with Gasteiger partial charge in [0.2, 0.25) is 11.8 Å². The minimum Gasteiger partial charge on any atom is -0.480 e. The van der Waals surface area contributed by atoms with Crippen molar-refractivity contribution in [1.29, 1.82) is 0 Å². The van der Waals surface area contributed by atoms with Crippen LogP contribution in [-0.2, 0) is 40.1 Å². The predicted molar refractivity (Wildman–Crippen MR) is 243 cm³/mol. The first kappa shape index (κ1) is 53.7. The Bertz CT molecular complexity index is 1830. The van der Waals surface area contributed by atoms with Crippen LogP contribution in [0.2, 0.25) is 0 Å². The number of rotatable bonds is 27. The van der Waals surface area contributed by atoms with E-state index in [1.165, 1.54) is 9.80 Å². The minimum atomic E-state index is -1.26. The number of nitrogens with zero attached hydrogens (tertiary/aromatic N) is 3. The van der Waals surface area contributed by atoms with E-state index < -0.39 is 79.6 Å². The van der Waals surface area contributed by atoms with Crippen molar-refractivity contribution in [3.05, 3.63) is 35.9 Å². The molecule has 2 amide bonds. The van der Waals surface area contributed by atoms with Gasteiger partial charge in [-0.3, -0.25) is 43.5 Å². The van der Waals surface area contributed by atoms with E-state index in [4.69, 9.17) is 4.74 Å². The van der Waals surface area contributed by atoms with Gasteiger partial charge in [-0.25, -0.2) is 0 Å². The predicted octanol–water partition coefficient (Wildman–Crippen LogP) is 1.43. The van der Waals surface area contributed by atoms with E-state index in [9.17, 15) is 64.5 Å². The number of aliphatic hydroxyl groups is 3. The summed E-state index contributed by atoms with van der Waals surface area (Å²) in [4.78, 5) is 77.4. The molecule has 4 aliphatic carbocycles. The number of nitrogens with one attached hydrogen (secondary N) is 2. The number of aliphatic hydroxyl groups excluding tert-OH is 3. The maximum absolute atomic E-state index is 13.8. The Morgan fingerprint density at radius 3 is 2.01 bits per heavy atom. The molecule has 67 heavy (non-hydrogen) atoms. The van der Waals surface area contributed by atoms with E-state index in [-0.39, 0.29) is 112 Å². The fraction of sp³-hybridized carbons (Fsp3) is 0.750. The van der Waals surface area contributed by atoms with Crippen molar-refractivity contribution in [2.75, 3.05) is 72.1 Å². The summed E-state index contributed by atoms with van der Waals surface area (Å²) in [7, 11) is 0. The van der Waals surface area contributed by atoms with Crippen LogP contribution in [0.15, 0.2) is 30.3 Å². The molecule has 0 bridgehead atoms. The SMILES string of the molecule is C[C@H](CCC(=O)NCCNC(=O)C(COCc1ccccc1)N(CCN(CCN(CC(=O)O)CC(=O)O)CC(=O)O)CC(=O)O)[C@H]1CC[C@H]2[C@@H]3[C@H](O)C[C@@H]4C[C@H](O)CC[C@]4(C)[C@H]3C[C@H](O)[C@]12C. The second kappa shape index (κ2) is 24.4. The first-order valence-electron chi connectivity index (χ1n) is 24.0. The van der Waals surface area contributed by atoms with Gasteiger partial charge in [0, 0.05) is 45.7 Å². The van der Waals surface area contributed by atoms with Crippen molar-refractivity contribution in [3.8, 4) is 0 Å². The second-order valence-electron chi connectivity index (χ2n) is 20.2. The highest BCUT2D eigenvalue weighted by molar-refractivity contribution is 5.83. The molecule has 4 fully saturated rings. The van der Waals surface area contributed by atoms with Crippen LogP contribution in [0.5, 0.6) is 0 Å². The number of carbonyl (C=O) groups excluding carboxylic acids is 2. The summed E-state index contributed by atoms with van der Waals surface area (Å²) in [6.07, 6.45) is 5.01. The van der Waals surface area contributed by atoms with Crippen molar-refractivity contribution in [2.24, 2.45) is 46.3 Å². The topological polar surface area (TPSA) is 287 Å². The van der Waals surface area contributed by atoms with Crippen molar-refractivity contribution in [3.63, 3.8) is 0 Å². The van der Waals surface area contributed by atoms with Crippen LogP contribution in [0.1, 0.15) is 84.1 Å². The maximum Gasteiger partial charge on any atom is 0.317 e. The Hall–Kier alpha value is -4.24. The third-order valence-electron chi connectivity index (χ3n) is 16.1. The highest BCUT2D eigenvalue weighted by Crippen LogP contribution is 2.68. The van der Waals surface area contributed by atoms with Crippen molar-refractivity contribution in [1.82, 2.24) is 25.3 Å². The molecule has 1 unspecified atom stereocenters. The zero-order chi connectivity index (χ0) is 49.1. The molecule has 0 heterocycles. The summed E-state index contributed by atoms with van der Waals surface area (Å²) in [6.45, 7) is 3.95. The molecule has 0 radical (unpaired) electrons. The van der Waals surface area contributed by atoms with Crippen LogP contribution in [0.25, 0.3) is 0 Å². The Kier molecular flexibility index (Phi) is 19.5. The normalized spacial score (nSPS) is 29.9. The molecule has 19 nitrogen and oxygen atoms in total. The molecule has 12 atom stereocenters. The molecule has 0 aliphatic heterocycles. The first-order chi connectivity index (χ1) is 31.7. The van der Waals surface area contributed by atoms with Gasteiger partial charge in [-0.2, -0.15) is 0 Å². The average Bonchev–Trinajstić information content (AvgIpc) is 3.62. The smallest absolute Gasteiger partial charge is 0.317 e. The van der Waals surface area contributed by atoms with E-state index in [2.05, 4.69) is 31.4 Å². The number of ether oxygens (including phenoxy) is 1. The number of carboxylic acids is 4. The third kappa shape index (κ3) is 14.2. The number of aliphatic carboxylic acids is 4. The second-order valence-corrected chi connectivity index (χ2v) is 20.2. The van der Waals surface area contributed by atoms with Crippen LogP contribution >= 0.6 is 0 Å². The zero-order valence-corrected chi connectivity index (χ0v) is 39.3. The van der Waals surface area contributed by atoms with E-state index in [1.807, 2.05) is 30.3 Å². The lowest BCUT2D eigenvalue weighted by Gasteiger charge is -2.63. The molecule has 376 valence electrons. The zero-order valence-electron chi connectivity index (χ0n) is 39.3. The molecular weight excluding hydrogens is 871 g/mol. The average molecular weight is 946 g/mol. The van der Waals surface area contributed by atoms with Gasteiger partial charge in [-0.05, 0) is 103 Å². The number of carboxylic acid groups (broad SMARTS) is 4. The molecule has 5 rings (SSSR count). The number of benzene rings is 1. The van der Waals surface area contributed by atoms with Gasteiger partial charge in [-0.1, -0.05) is 51.1 Å². The summed E-state index contributed by atoms with van der Waals surface area (Å²) in [5.74, 6) is -4.80. The van der Waals surface area contributed by atoms with Crippen molar-refractivity contribution < 1.29 is 69.2 Å². The lowest BCUT2D eigenvalue weighted by atomic mass is 9.43. The van der Waals surface area contributed by atoms with Gasteiger partial charge >= 0.3 is 23.9 Å². The van der Waals surface area contributed by atoms with Crippen LogP contribution in [0, 0.1) is 46.3 Å². The van der Waals surface area contributed by atoms with Gasteiger partial charge in [-0.15, -0.1) is 0 Å². The fourth-order valence-electron chi connectivity index (χ4n) is 12.6. The van der Waals surface area contributed by atoms with E-state index in [1.54, 1.807) is 0 Å². The molecule has 0 saturated heterocycles. The van der Waals surface area contributed by atoms with Gasteiger partial charge in [0.05, 0.1) is 57.7 Å². The Labute approximate surface area is 393 Å². The minimum absolute atomic E-state index is 0.0164. The monoisotopic (exact) mass is 946 g/mol. The summed E-state index contributed by atoms with van der Waals surface area (Å²) in [5.41, 5.74) is 0.399. The number of hydrogen-bond acceptors (Lipinski definition) is 13. The van der Waals surface area contributed by atoms with Gasteiger partial charge in [0.1, 0.15) is 6.04 Å². The largest absolute Gasteiger partial charge is 0.480 e. The fourth-order valence-corrected chi connectivity index (χ4v) is 12.6. The van der Waals surface area contributed by atoms with Gasteiger partial charge in [0.25, 0.3) is 0 Å². The van der Waals surface area contributed by atoms with Gasteiger partial charge < -0.3 is 51.1 Å². The molecule has 1 aromatic carbocycles. The highest BCUT2D eigenvalue weighted by atomic mass is 16.5. The quantitative estimate of drug-likeness (QED) is 0.0564. The molecule has 19 heteroatoms. The lowest BCUT2D eigenvalue weighted by molar-refractivity contribution is -0.207. The summed E-state index contributed by atoms with van der Waals surface area (Å²) >= 11 is 0. The van der Waals surface area contributed by atoms with Crippen LogP contribution in [0.3, 0.4) is 0 Å². The maximum atomic E-state index is 13.8. The molecule has 0 aromatic heterocycles. The third-order valence-corrected chi connectivity index (χ3v) is 16.1. The number of hydrogen-bond donors (Lipinski definition) is 9. The molecule has 0 spiro atoms. The van der Waals surface area contributed by atoms with Crippen LogP contribution in [-0.4, -0.2) is 183 Å². The van der Waals surface area contributed by atoms with Crippen LogP contribution < -0.4 is 10.6 Å². The Morgan fingerprint density at radius 2 is 1.36 bits per heavy atom. The summed E-state index contributed by atoms with van der Waals surface area (Å²) < 4.78 is 5.91. The standard InChI is InChI=1S/C48H75N5O14/c1-30(34-10-11-35-45-36(23-39(56)48(34,35)3)47(2)14-13-33(54)21-32(47)22-38(45)55)9-12-40(57)49-15-16-50-46(66)37(29-67-28-31-7-5-4-6-8-31)53(27-44(64)65)20-19-51(24-41(58)59)17-18-52(25-42(60)61)26-43(62)63/h4-8,30,32-39,45,54-56H,9-29H2,1-3H3,(H,49,57)(H,50,66)(H,58,59)(H,60,61)(H,62,63)(H,64,65)/t30-,32+,33-,34-,35+,36+,37?,38-,39+,45+,47+,48-/m1/s1. The van der Waals surface area contributed by atoms with E-state index >= 15 is 0 Å². The molecule has 9 N–H and O–H groups in total. The Morgan fingerprint density at radius 1 is 0.746 bits per heavy atom. The molecule has 4 aliphatic rings. The first-order valence-corrected chi connectivity index (χ1v) is 24.0. The molecule has 4 saturated carbocycles. The summed E-state index contributed by atoms with van der Waals surface area (Å²) in [6, 6.07) is 7.97.